The number of nitrogens with zero attached hydrogens (tertiary/aromatic N) is 2. The van der Waals surface area contributed by atoms with Crippen LogP contribution in [-0.4, -0.2) is 36.4 Å². The van der Waals surface area contributed by atoms with E-state index in [1.807, 2.05) is 13.0 Å². The van der Waals surface area contributed by atoms with Crippen LogP contribution in [0.5, 0.6) is 0 Å². The minimum atomic E-state index is -0.308. The highest BCUT2D eigenvalue weighted by molar-refractivity contribution is 7.22. The van der Waals surface area contributed by atoms with Crippen molar-refractivity contribution in [2.45, 2.75) is 45.4 Å². The molecular weight excluding hydrogens is 349 g/mol. The number of thiazole rings is 1. The summed E-state index contributed by atoms with van der Waals surface area (Å²) >= 11 is 1.36. The van der Waals surface area contributed by atoms with Crippen LogP contribution in [-0.2, 0) is 11.2 Å². The summed E-state index contributed by atoms with van der Waals surface area (Å²) in [5, 5.41) is 3.45. The summed E-state index contributed by atoms with van der Waals surface area (Å²) in [4.78, 5) is 19.2. The monoisotopic (exact) mass is 377 g/mol. The molecule has 1 aliphatic carbocycles. The lowest BCUT2D eigenvalue weighted by atomic mass is 9.79. The standard InChI is InChI=1S/C20H28FN3OS/c1-4-13-11-16(21)18-17(12-13)26-20(22-18)23-19(25)15-7-5-6-14(10-15)8-9-24(2)3/h11-12,14-15H,4-10H2,1-3H3,(H,22,23,25). The molecule has 0 radical (unpaired) electrons. The van der Waals surface area contributed by atoms with Crippen molar-refractivity contribution in [1.82, 2.24) is 9.88 Å². The number of carbonyl (C=O) groups is 1. The van der Waals surface area contributed by atoms with E-state index < -0.39 is 0 Å². The molecule has 1 heterocycles. The van der Waals surface area contributed by atoms with Gasteiger partial charge in [0.25, 0.3) is 0 Å². The molecule has 0 aliphatic heterocycles. The Morgan fingerprint density at radius 2 is 2.19 bits per heavy atom. The number of benzene rings is 1. The molecule has 0 saturated heterocycles. The van der Waals surface area contributed by atoms with Gasteiger partial charge in [-0.3, -0.25) is 4.79 Å². The second-order valence-corrected chi connectivity index (χ2v) is 8.64. The summed E-state index contributed by atoms with van der Waals surface area (Å²) < 4.78 is 15.0. The molecular formula is C20H28FN3OS. The largest absolute Gasteiger partial charge is 0.309 e. The van der Waals surface area contributed by atoms with E-state index in [9.17, 15) is 9.18 Å². The summed E-state index contributed by atoms with van der Waals surface area (Å²) in [5.74, 6) is 0.382. The summed E-state index contributed by atoms with van der Waals surface area (Å²) in [7, 11) is 4.17. The van der Waals surface area contributed by atoms with Crippen LogP contribution >= 0.6 is 11.3 Å². The van der Waals surface area contributed by atoms with Gasteiger partial charge in [0, 0.05) is 5.92 Å². The first-order chi connectivity index (χ1) is 12.5. The molecule has 1 aromatic carbocycles. The van der Waals surface area contributed by atoms with Gasteiger partial charge in [0.2, 0.25) is 5.91 Å². The molecule has 2 atom stereocenters. The zero-order valence-electron chi connectivity index (χ0n) is 15.8. The first-order valence-corrected chi connectivity index (χ1v) is 10.3. The van der Waals surface area contributed by atoms with E-state index in [1.165, 1.54) is 23.8 Å². The molecule has 26 heavy (non-hydrogen) atoms. The van der Waals surface area contributed by atoms with Crippen LogP contribution in [0.25, 0.3) is 10.2 Å². The van der Waals surface area contributed by atoms with E-state index in [0.717, 1.165) is 48.9 Å². The number of hydrogen-bond donors (Lipinski definition) is 1. The molecule has 2 aromatic rings. The van der Waals surface area contributed by atoms with Gasteiger partial charge in [0.1, 0.15) is 5.52 Å². The van der Waals surface area contributed by atoms with Gasteiger partial charge in [-0.1, -0.05) is 31.1 Å². The molecule has 4 nitrogen and oxygen atoms in total. The van der Waals surface area contributed by atoms with Crippen molar-refractivity contribution in [3.63, 3.8) is 0 Å². The van der Waals surface area contributed by atoms with E-state index in [1.54, 1.807) is 0 Å². The number of rotatable bonds is 6. The SMILES string of the molecule is CCc1cc(F)c2nc(NC(=O)C3CCCC(CCN(C)C)C3)sc2c1. The van der Waals surface area contributed by atoms with Crippen LogP contribution in [0.3, 0.4) is 0 Å². The quantitative estimate of drug-likeness (QED) is 0.794. The fraction of sp³-hybridized carbons (Fsp3) is 0.600. The van der Waals surface area contributed by atoms with Crippen LogP contribution in [0.4, 0.5) is 9.52 Å². The number of fused-ring (bicyclic) bond motifs is 1. The summed E-state index contributed by atoms with van der Waals surface area (Å²) in [6, 6.07) is 3.49. The Morgan fingerprint density at radius 1 is 1.38 bits per heavy atom. The van der Waals surface area contributed by atoms with E-state index in [-0.39, 0.29) is 17.6 Å². The van der Waals surface area contributed by atoms with Crippen LogP contribution in [0.1, 0.15) is 44.6 Å². The Labute approximate surface area is 158 Å². The van der Waals surface area contributed by atoms with Gasteiger partial charge in [0.15, 0.2) is 10.9 Å². The molecule has 1 saturated carbocycles. The van der Waals surface area contributed by atoms with Crippen LogP contribution in [0, 0.1) is 17.7 Å². The molecule has 1 N–H and O–H groups in total. The second-order valence-electron chi connectivity index (χ2n) is 7.61. The number of nitrogens with one attached hydrogen (secondary N) is 1. The number of aryl methyl sites for hydroxylation is 1. The van der Waals surface area contributed by atoms with Crippen molar-refractivity contribution in [1.29, 1.82) is 0 Å². The average Bonchev–Trinajstić information content (AvgIpc) is 3.03. The van der Waals surface area contributed by atoms with E-state index >= 15 is 0 Å². The smallest absolute Gasteiger partial charge is 0.229 e. The topological polar surface area (TPSA) is 45.2 Å². The van der Waals surface area contributed by atoms with Crippen molar-refractivity contribution < 1.29 is 9.18 Å². The molecule has 2 unspecified atom stereocenters. The zero-order chi connectivity index (χ0) is 18.7. The third-order valence-electron chi connectivity index (χ3n) is 5.28. The van der Waals surface area contributed by atoms with Gasteiger partial charge in [-0.15, -0.1) is 0 Å². The van der Waals surface area contributed by atoms with Gasteiger partial charge < -0.3 is 10.2 Å². The van der Waals surface area contributed by atoms with Crippen LogP contribution in [0.2, 0.25) is 0 Å². The Kier molecular flexibility index (Phi) is 6.24. The highest BCUT2D eigenvalue weighted by Gasteiger charge is 2.27. The van der Waals surface area contributed by atoms with Gasteiger partial charge in [0.05, 0.1) is 4.70 Å². The third-order valence-corrected chi connectivity index (χ3v) is 6.20. The normalized spacial score (nSPS) is 20.7. The lowest BCUT2D eigenvalue weighted by molar-refractivity contribution is -0.121. The average molecular weight is 378 g/mol. The van der Waals surface area contributed by atoms with Crippen LogP contribution < -0.4 is 5.32 Å². The number of halogens is 1. The summed E-state index contributed by atoms with van der Waals surface area (Å²) in [6.07, 6.45) is 6.11. The van der Waals surface area contributed by atoms with E-state index in [2.05, 4.69) is 29.3 Å². The number of carbonyl (C=O) groups excluding carboxylic acids is 1. The summed E-state index contributed by atoms with van der Waals surface area (Å²) in [6.45, 7) is 3.07. The molecule has 142 valence electrons. The highest BCUT2D eigenvalue weighted by atomic mass is 32.1. The number of aromatic nitrogens is 1. The molecule has 6 heteroatoms. The molecule has 1 amide bonds. The predicted molar refractivity (Wildman–Crippen MR) is 106 cm³/mol. The van der Waals surface area contributed by atoms with Gasteiger partial charge >= 0.3 is 0 Å². The van der Waals surface area contributed by atoms with Crippen molar-refractivity contribution in [2.24, 2.45) is 11.8 Å². The maximum atomic E-state index is 14.2. The number of hydrogen-bond acceptors (Lipinski definition) is 4. The Bertz CT molecular complexity index is 774. The molecule has 0 spiro atoms. The minimum absolute atomic E-state index is 0.0368. The fourth-order valence-corrected chi connectivity index (χ4v) is 4.69. The first-order valence-electron chi connectivity index (χ1n) is 9.50. The van der Waals surface area contributed by atoms with Gasteiger partial charge in [-0.05, 0) is 69.9 Å². The maximum absolute atomic E-state index is 14.2. The van der Waals surface area contributed by atoms with Crippen molar-refractivity contribution >= 4 is 32.6 Å². The Hall–Kier alpha value is -1.53. The lowest BCUT2D eigenvalue weighted by Gasteiger charge is -2.28. The minimum Gasteiger partial charge on any atom is -0.309 e. The second kappa shape index (κ2) is 8.44. The van der Waals surface area contributed by atoms with Crippen molar-refractivity contribution in [2.75, 3.05) is 26.0 Å². The van der Waals surface area contributed by atoms with E-state index in [0.29, 0.717) is 16.6 Å². The lowest BCUT2D eigenvalue weighted by Crippen LogP contribution is -2.29. The predicted octanol–water partition coefficient (Wildman–Crippen LogP) is 4.69. The third kappa shape index (κ3) is 4.60. The highest BCUT2D eigenvalue weighted by Crippen LogP contribution is 2.33. The Morgan fingerprint density at radius 3 is 2.92 bits per heavy atom. The maximum Gasteiger partial charge on any atom is 0.229 e. The van der Waals surface area contributed by atoms with Crippen molar-refractivity contribution in [3.05, 3.63) is 23.5 Å². The van der Waals surface area contributed by atoms with Gasteiger partial charge in [-0.2, -0.15) is 0 Å². The Balaban J connectivity index is 1.65. The molecule has 1 fully saturated rings. The molecule has 3 rings (SSSR count). The number of anilines is 1. The zero-order valence-corrected chi connectivity index (χ0v) is 16.7. The fourth-order valence-electron chi connectivity index (χ4n) is 3.74. The first kappa shape index (κ1) is 19.2. The molecule has 1 aliphatic rings. The molecule has 0 bridgehead atoms. The number of amides is 1. The van der Waals surface area contributed by atoms with Gasteiger partial charge in [-0.25, -0.2) is 9.37 Å². The van der Waals surface area contributed by atoms with E-state index in [4.69, 9.17) is 0 Å². The van der Waals surface area contributed by atoms with Crippen LogP contribution in [0.15, 0.2) is 12.1 Å². The molecule has 1 aromatic heterocycles. The summed E-state index contributed by atoms with van der Waals surface area (Å²) in [5.41, 5.74) is 1.31. The van der Waals surface area contributed by atoms with Crippen molar-refractivity contribution in [3.8, 4) is 0 Å².